The molecule has 134 valence electrons. The van der Waals surface area contributed by atoms with Gasteiger partial charge >= 0.3 is 0 Å². The van der Waals surface area contributed by atoms with E-state index in [1.165, 1.54) is 16.4 Å². The van der Waals surface area contributed by atoms with Crippen molar-refractivity contribution in [2.45, 2.75) is 43.9 Å². The summed E-state index contributed by atoms with van der Waals surface area (Å²) in [5, 5.41) is 2.90. The molecule has 2 rings (SSSR count). The topological polar surface area (TPSA) is 66.5 Å². The lowest BCUT2D eigenvalue weighted by atomic mass is 9.99. The van der Waals surface area contributed by atoms with Gasteiger partial charge in [0.2, 0.25) is 15.9 Å². The van der Waals surface area contributed by atoms with Crippen LogP contribution < -0.4 is 5.32 Å². The van der Waals surface area contributed by atoms with E-state index in [0.717, 1.165) is 31.4 Å². The van der Waals surface area contributed by atoms with Crippen LogP contribution in [0.4, 0.5) is 4.39 Å². The standard InChI is InChI=1S/C17H25FN2O3S/c1-2-3-4-11-19-17(21)14-6-5-12-20(13-14)24(22,23)16-9-7-15(18)8-10-16/h7-10,14H,2-6,11-13H2,1H3,(H,19,21). The Bertz CT molecular complexity index is 646. The van der Waals surface area contributed by atoms with Gasteiger partial charge in [-0.1, -0.05) is 19.8 Å². The second-order valence-electron chi connectivity index (χ2n) is 6.15. The van der Waals surface area contributed by atoms with Crippen molar-refractivity contribution in [3.63, 3.8) is 0 Å². The fourth-order valence-electron chi connectivity index (χ4n) is 2.86. The van der Waals surface area contributed by atoms with E-state index in [1.807, 2.05) is 0 Å². The Labute approximate surface area is 143 Å². The summed E-state index contributed by atoms with van der Waals surface area (Å²) in [6, 6.07) is 4.79. The monoisotopic (exact) mass is 356 g/mol. The fourth-order valence-corrected chi connectivity index (χ4v) is 4.39. The molecule has 0 spiro atoms. The summed E-state index contributed by atoms with van der Waals surface area (Å²) in [6.45, 7) is 3.30. The third-order valence-electron chi connectivity index (χ3n) is 4.29. The zero-order chi connectivity index (χ0) is 17.6. The first-order valence-corrected chi connectivity index (χ1v) is 9.92. The van der Waals surface area contributed by atoms with Crippen molar-refractivity contribution in [1.82, 2.24) is 9.62 Å². The molecule has 0 bridgehead atoms. The van der Waals surface area contributed by atoms with Gasteiger partial charge in [0.05, 0.1) is 10.8 Å². The summed E-state index contributed by atoms with van der Waals surface area (Å²) in [4.78, 5) is 12.3. The summed E-state index contributed by atoms with van der Waals surface area (Å²) in [5.74, 6) is -0.877. The third kappa shape index (κ3) is 4.77. The number of halogens is 1. The first kappa shape index (κ1) is 18.9. The van der Waals surface area contributed by atoms with Gasteiger partial charge in [-0.2, -0.15) is 4.31 Å². The molecule has 0 aromatic heterocycles. The Hall–Kier alpha value is -1.47. The molecule has 1 amide bonds. The maximum absolute atomic E-state index is 13.0. The van der Waals surface area contributed by atoms with Gasteiger partial charge in [-0.3, -0.25) is 4.79 Å². The molecule has 24 heavy (non-hydrogen) atoms. The summed E-state index contributed by atoms with van der Waals surface area (Å²) >= 11 is 0. The lowest BCUT2D eigenvalue weighted by Gasteiger charge is -2.31. The molecule has 0 aliphatic carbocycles. The fraction of sp³-hybridized carbons (Fsp3) is 0.588. The minimum Gasteiger partial charge on any atom is -0.356 e. The number of rotatable bonds is 7. The number of carbonyl (C=O) groups is 1. The highest BCUT2D eigenvalue weighted by molar-refractivity contribution is 7.89. The van der Waals surface area contributed by atoms with Gasteiger partial charge < -0.3 is 5.32 Å². The van der Waals surface area contributed by atoms with E-state index in [0.29, 0.717) is 25.9 Å². The van der Waals surface area contributed by atoms with Gasteiger partial charge in [0, 0.05) is 19.6 Å². The number of nitrogens with zero attached hydrogens (tertiary/aromatic N) is 1. The first-order chi connectivity index (χ1) is 11.4. The average Bonchev–Trinajstić information content (AvgIpc) is 2.59. The van der Waals surface area contributed by atoms with Crippen LogP contribution in [0.1, 0.15) is 39.0 Å². The zero-order valence-electron chi connectivity index (χ0n) is 14.0. The molecule has 1 atom stereocenters. The van der Waals surface area contributed by atoms with E-state index < -0.39 is 15.8 Å². The number of hydrogen-bond acceptors (Lipinski definition) is 3. The molecule has 1 aliphatic heterocycles. The van der Waals surface area contributed by atoms with Crippen molar-refractivity contribution >= 4 is 15.9 Å². The highest BCUT2D eigenvalue weighted by atomic mass is 32.2. The quantitative estimate of drug-likeness (QED) is 0.764. The van der Waals surface area contributed by atoms with Gasteiger partial charge in [0.15, 0.2) is 0 Å². The summed E-state index contributed by atoms with van der Waals surface area (Å²) in [6.07, 6.45) is 4.42. The number of benzene rings is 1. The predicted molar refractivity (Wildman–Crippen MR) is 90.4 cm³/mol. The molecule has 1 fully saturated rings. The minimum absolute atomic E-state index is 0.0629. The number of amides is 1. The maximum Gasteiger partial charge on any atom is 0.243 e. The summed E-state index contributed by atoms with van der Waals surface area (Å²) in [7, 11) is -3.69. The lowest BCUT2D eigenvalue weighted by molar-refractivity contribution is -0.126. The van der Waals surface area contributed by atoms with E-state index in [4.69, 9.17) is 0 Å². The number of nitrogens with one attached hydrogen (secondary N) is 1. The molecule has 1 aromatic carbocycles. The normalized spacial score (nSPS) is 19.2. The van der Waals surface area contributed by atoms with Crippen molar-refractivity contribution in [2.24, 2.45) is 5.92 Å². The van der Waals surface area contributed by atoms with Crippen LogP contribution in [0.5, 0.6) is 0 Å². The van der Waals surface area contributed by atoms with Crippen LogP contribution in [0.15, 0.2) is 29.2 Å². The number of unbranched alkanes of at least 4 members (excludes halogenated alkanes) is 2. The maximum atomic E-state index is 13.0. The number of piperidine rings is 1. The van der Waals surface area contributed by atoms with Crippen LogP contribution in [0.3, 0.4) is 0 Å². The number of hydrogen-bond donors (Lipinski definition) is 1. The second kappa shape index (κ2) is 8.58. The van der Waals surface area contributed by atoms with Crippen molar-refractivity contribution in [3.05, 3.63) is 30.1 Å². The van der Waals surface area contributed by atoms with Gasteiger partial charge in [-0.25, -0.2) is 12.8 Å². The number of sulfonamides is 1. The van der Waals surface area contributed by atoms with Crippen molar-refractivity contribution in [2.75, 3.05) is 19.6 Å². The molecule has 0 saturated carbocycles. The van der Waals surface area contributed by atoms with E-state index in [2.05, 4.69) is 12.2 Å². The van der Waals surface area contributed by atoms with Crippen LogP contribution in [-0.2, 0) is 14.8 Å². The molecule has 0 radical (unpaired) electrons. The van der Waals surface area contributed by atoms with Crippen molar-refractivity contribution in [3.8, 4) is 0 Å². The molecular formula is C17H25FN2O3S. The molecule has 1 aliphatic rings. The van der Waals surface area contributed by atoms with Crippen molar-refractivity contribution < 1.29 is 17.6 Å². The Morgan fingerprint density at radius 2 is 2.00 bits per heavy atom. The van der Waals surface area contributed by atoms with Gasteiger partial charge in [-0.05, 0) is 43.5 Å². The van der Waals surface area contributed by atoms with Crippen LogP contribution in [0.25, 0.3) is 0 Å². The SMILES string of the molecule is CCCCCNC(=O)C1CCCN(S(=O)(=O)c2ccc(F)cc2)C1. The third-order valence-corrected chi connectivity index (χ3v) is 6.17. The van der Waals surface area contributed by atoms with Gasteiger partial charge in [0.1, 0.15) is 5.82 Å². The Morgan fingerprint density at radius 1 is 1.29 bits per heavy atom. The van der Waals surface area contributed by atoms with Crippen molar-refractivity contribution in [1.29, 1.82) is 0 Å². The number of carbonyl (C=O) groups excluding carboxylic acids is 1. The van der Waals surface area contributed by atoms with Crippen LogP contribution in [0, 0.1) is 11.7 Å². The van der Waals surface area contributed by atoms with E-state index in [1.54, 1.807) is 0 Å². The molecule has 1 aromatic rings. The van der Waals surface area contributed by atoms with E-state index >= 15 is 0 Å². The summed E-state index contributed by atoms with van der Waals surface area (Å²) < 4.78 is 39.6. The van der Waals surface area contributed by atoms with E-state index in [-0.39, 0.29) is 23.3 Å². The molecule has 7 heteroatoms. The van der Waals surface area contributed by atoms with Gasteiger partial charge in [-0.15, -0.1) is 0 Å². The lowest BCUT2D eigenvalue weighted by Crippen LogP contribution is -2.45. The molecule has 1 N–H and O–H groups in total. The second-order valence-corrected chi connectivity index (χ2v) is 8.09. The Balaban J connectivity index is 1.99. The zero-order valence-corrected chi connectivity index (χ0v) is 14.8. The Kier molecular flexibility index (Phi) is 6.74. The highest BCUT2D eigenvalue weighted by Gasteiger charge is 2.33. The minimum atomic E-state index is -3.69. The van der Waals surface area contributed by atoms with Crippen LogP contribution in [-0.4, -0.2) is 38.3 Å². The Morgan fingerprint density at radius 3 is 2.67 bits per heavy atom. The highest BCUT2D eigenvalue weighted by Crippen LogP contribution is 2.24. The summed E-state index contributed by atoms with van der Waals surface area (Å²) in [5.41, 5.74) is 0. The molecule has 1 unspecified atom stereocenters. The average molecular weight is 356 g/mol. The molecular weight excluding hydrogens is 331 g/mol. The first-order valence-electron chi connectivity index (χ1n) is 8.48. The molecule has 5 nitrogen and oxygen atoms in total. The molecule has 1 saturated heterocycles. The predicted octanol–water partition coefficient (Wildman–Crippen LogP) is 2.53. The largest absolute Gasteiger partial charge is 0.356 e. The molecule has 1 heterocycles. The van der Waals surface area contributed by atoms with Gasteiger partial charge in [0.25, 0.3) is 0 Å². The smallest absolute Gasteiger partial charge is 0.243 e. The van der Waals surface area contributed by atoms with Crippen LogP contribution in [0.2, 0.25) is 0 Å². The van der Waals surface area contributed by atoms with E-state index in [9.17, 15) is 17.6 Å². The van der Waals surface area contributed by atoms with Crippen LogP contribution >= 0.6 is 0 Å².